The van der Waals surface area contributed by atoms with Crippen LogP contribution in [0.2, 0.25) is 0 Å². The molecule has 1 aliphatic rings. The van der Waals surface area contributed by atoms with Gasteiger partial charge in [-0.3, -0.25) is 4.79 Å². The van der Waals surface area contributed by atoms with E-state index >= 15 is 0 Å². The summed E-state index contributed by atoms with van der Waals surface area (Å²) < 4.78 is 0. The summed E-state index contributed by atoms with van der Waals surface area (Å²) in [4.78, 5) is 12.6. The molecule has 0 spiro atoms. The van der Waals surface area contributed by atoms with Crippen LogP contribution >= 0.6 is 12.2 Å². The average Bonchev–Trinajstić information content (AvgIpc) is 2.15. The Morgan fingerprint density at radius 2 is 1.94 bits per heavy atom. The molecule has 4 heteroatoms. The third-order valence-electron chi connectivity index (χ3n) is 4.09. The van der Waals surface area contributed by atoms with E-state index in [1.807, 2.05) is 0 Å². The van der Waals surface area contributed by atoms with E-state index in [4.69, 9.17) is 18.0 Å². The van der Waals surface area contributed by atoms with E-state index in [0.717, 1.165) is 32.1 Å². The van der Waals surface area contributed by atoms with Crippen molar-refractivity contribution in [2.75, 3.05) is 0 Å². The van der Waals surface area contributed by atoms with Gasteiger partial charge in [0.15, 0.2) is 0 Å². The van der Waals surface area contributed by atoms with Crippen molar-refractivity contribution in [3.05, 3.63) is 0 Å². The average molecular weight is 242 g/mol. The van der Waals surface area contributed by atoms with Crippen molar-refractivity contribution in [1.82, 2.24) is 5.32 Å². The molecule has 0 aromatic carbocycles. The Kier molecular flexibility index (Phi) is 3.94. The van der Waals surface area contributed by atoms with Gasteiger partial charge in [0.2, 0.25) is 5.91 Å². The number of thiocarbonyl (C=S) groups is 1. The molecule has 3 nitrogen and oxygen atoms in total. The molecule has 0 saturated heterocycles. The van der Waals surface area contributed by atoms with Gasteiger partial charge < -0.3 is 11.1 Å². The molecule has 0 heterocycles. The number of carbonyl (C=O) groups excluding carboxylic acids is 1. The molecule has 1 rings (SSSR count). The molecular weight excluding hydrogens is 220 g/mol. The number of hydrogen-bond donors (Lipinski definition) is 2. The Morgan fingerprint density at radius 1 is 1.44 bits per heavy atom. The highest BCUT2D eigenvalue weighted by Crippen LogP contribution is 2.42. The highest BCUT2D eigenvalue weighted by Gasteiger charge is 2.48. The number of amides is 1. The van der Waals surface area contributed by atoms with E-state index in [1.54, 1.807) is 0 Å². The minimum absolute atomic E-state index is 0.0254. The Morgan fingerprint density at radius 3 is 2.19 bits per heavy atom. The minimum atomic E-state index is -0.555. The monoisotopic (exact) mass is 242 g/mol. The number of nitrogens with two attached hydrogens (primary N) is 1. The number of nitrogens with one attached hydrogen (secondary N) is 1. The van der Waals surface area contributed by atoms with Crippen LogP contribution < -0.4 is 11.1 Å². The molecule has 0 atom stereocenters. The summed E-state index contributed by atoms with van der Waals surface area (Å²) in [6.45, 7) is 6.23. The van der Waals surface area contributed by atoms with Crippen molar-refractivity contribution in [3.63, 3.8) is 0 Å². The smallest absolute Gasteiger partial charge is 0.233 e. The quantitative estimate of drug-likeness (QED) is 0.726. The van der Waals surface area contributed by atoms with E-state index in [9.17, 15) is 4.79 Å². The molecule has 16 heavy (non-hydrogen) atoms. The largest absolute Gasteiger partial charge is 0.392 e. The van der Waals surface area contributed by atoms with Gasteiger partial charge in [-0.25, -0.2) is 0 Å². The fourth-order valence-corrected chi connectivity index (χ4v) is 2.23. The molecule has 3 N–H and O–H groups in total. The Labute approximate surface area is 103 Å². The molecule has 1 fully saturated rings. The fourth-order valence-electron chi connectivity index (χ4n) is 1.94. The molecule has 1 aliphatic carbocycles. The molecule has 0 aliphatic heterocycles. The number of hydrogen-bond acceptors (Lipinski definition) is 2. The van der Waals surface area contributed by atoms with Gasteiger partial charge in [0, 0.05) is 5.54 Å². The van der Waals surface area contributed by atoms with Crippen LogP contribution in [0, 0.1) is 5.41 Å². The first-order chi connectivity index (χ1) is 7.40. The molecule has 0 unspecified atom stereocenters. The summed E-state index contributed by atoms with van der Waals surface area (Å²) in [7, 11) is 0. The van der Waals surface area contributed by atoms with Crippen LogP contribution in [-0.4, -0.2) is 16.4 Å². The van der Waals surface area contributed by atoms with Crippen LogP contribution in [0.1, 0.15) is 52.9 Å². The van der Waals surface area contributed by atoms with Crippen molar-refractivity contribution in [1.29, 1.82) is 0 Å². The standard InChI is InChI=1S/C12H22N2OS/c1-4-11(3,5-2)14-10(15)12(9(13)16)7-6-8-12/h4-8H2,1-3H3,(H2,13,16)(H,14,15). The van der Waals surface area contributed by atoms with Crippen LogP contribution in [0.15, 0.2) is 0 Å². The first kappa shape index (κ1) is 13.4. The SMILES string of the molecule is CCC(C)(CC)NC(=O)C1(C(N)=S)CCC1. The first-order valence-corrected chi connectivity index (χ1v) is 6.43. The van der Waals surface area contributed by atoms with Crippen LogP contribution in [0.5, 0.6) is 0 Å². The van der Waals surface area contributed by atoms with Gasteiger partial charge in [-0.15, -0.1) is 0 Å². The topological polar surface area (TPSA) is 55.1 Å². The van der Waals surface area contributed by atoms with Gasteiger partial charge in [-0.1, -0.05) is 32.5 Å². The zero-order valence-electron chi connectivity index (χ0n) is 10.4. The molecule has 0 aromatic heterocycles. The van der Waals surface area contributed by atoms with Gasteiger partial charge in [-0.2, -0.15) is 0 Å². The van der Waals surface area contributed by atoms with E-state index in [1.165, 1.54) is 0 Å². The molecule has 92 valence electrons. The fraction of sp³-hybridized carbons (Fsp3) is 0.833. The maximum absolute atomic E-state index is 12.2. The third-order valence-corrected chi connectivity index (χ3v) is 4.48. The second kappa shape index (κ2) is 4.70. The second-order valence-electron chi connectivity index (χ2n) is 5.02. The molecule has 0 aromatic rings. The molecular formula is C12H22N2OS. The van der Waals surface area contributed by atoms with Crippen LogP contribution in [0.25, 0.3) is 0 Å². The molecule has 0 radical (unpaired) electrons. The maximum atomic E-state index is 12.2. The van der Waals surface area contributed by atoms with E-state index in [0.29, 0.717) is 4.99 Å². The third kappa shape index (κ3) is 2.21. The number of carbonyl (C=O) groups is 1. The van der Waals surface area contributed by atoms with Crippen molar-refractivity contribution in [3.8, 4) is 0 Å². The summed E-state index contributed by atoms with van der Waals surface area (Å²) in [5.74, 6) is 0.0254. The lowest BCUT2D eigenvalue weighted by Crippen LogP contribution is -2.58. The van der Waals surface area contributed by atoms with Crippen LogP contribution in [0.4, 0.5) is 0 Å². The summed E-state index contributed by atoms with van der Waals surface area (Å²) in [6, 6.07) is 0. The predicted molar refractivity (Wildman–Crippen MR) is 70.2 cm³/mol. The van der Waals surface area contributed by atoms with Crippen LogP contribution in [-0.2, 0) is 4.79 Å². The first-order valence-electron chi connectivity index (χ1n) is 6.03. The van der Waals surface area contributed by atoms with Crippen molar-refractivity contribution in [2.24, 2.45) is 11.1 Å². The Bertz CT molecular complexity index is 293. The zero-order valence-corrected chi connectivity index (χ0v) is 11.2. The Balaban J connectivity index is 2.75. The highest BCUT2D eigenvalue weighted by atomic mass is 32.1. The lowest BCUT2D eigenvalue weighted by atomic mass is 9.67. The van der Waals surface area contributed by atoms with E-state index in [2.05, 4.69) is 26.1 Å². The molecule has 0 bridgehead atoms. The van der Waals surface area contributed by atoms with Gasteiger partial charge in [0.1, 0.15) is 0 Å². The second-order valence-corrected chi connectivity index (χ2v) is 5.46. The zero-order chi connectivity index (χ0) is 12.4. The van der Waals surface area contributed by atoms with Crippen molar-refractivity contribution in [2.45, 2.75) is 58.4 Å². The van der Waals surface area contributed by atoms with E-state index < -0.39 is 5.41 Å². The van der Waals surface area contributed by atoms with E-state index in [-0.39, 0.29) is 11.4 Å². The number of rotatable bonds is 5. The maximum Gasteiger partial charge on any atom is 0.233 e. The van der Waals surface area contributed by atoms with Gasteiger partial charge >= 0.3 is 0 Å². The summed E-state index contributed by atoms with van der Waals surface area (Å²) in [5, 5.41) is 3.11. The van der Waals surface area contributed by atoms with Crippen LogP contribution in [0.3, 0.4) is 0 Å². The molecule has 1 amide bonds. The normalized spacial score (nSPS) is 18.7. The van der Waals surface area contributed by atoms with Crippen molar-refractivity contribution >= 4 is 23.1 Å². The lowest BCUT2D eigenvalue weighted by Gasteiger charge is -2.42. The highest BCUT2D eigenvalue weighted by molar-refractivity contribution is 7.80. The predicted octanol–water partition coefficient (Wildman–Crippen LogP) is 2.14. The summed E-state index contributed by atoms with van der Waals surface area (Å²) >= 11 is 5.04. The summed E-state index contributed by atoms with van der Waals surface area (Å²) in [5.41, 5.74) is 5.02. The van der Waals surface area contributed by atoms with Gasteiger partial charge in [0.05, 0.1) is 10.4 Å². The lowest BCUT2D eigenvalue weighted by molar-refractivity contribution is -0.132. The Hall–Kier alpha value is -0.640. The van der Waals surface area contributed by atoms with Gasteiger partial charge in [-0.05, 0) is 32.6 Å². The molecule has 1 saturated carbocycles. The minimum Gasteiger partial charge on any atom is -0.392 e. The van der Waals surface area contributed by atoms with Crippen molar-refractivity contribution < 1.29 is 4.79 Å². The van der Waals surface area contributed by atoms with Gasteiger partial charge in [0.25, 0.3) is 0 Å². The summed E-state index contributed by atoms with van der Waals surface area (Å²) in [6.07, 6.45) is 4.49.